The molecule has 0 saturated carbocycles. The van der Waals surface area contributed by atoms with Crippen molar-refractivity contribution in [1.29, 1.82) is 0 Å². The van der Waals surface area contributed by atoms with Crippen molar-refractivity contribution in [1.82, 2.24) is 10.3 Å². The highest BCUT2D eigenvalue weighted by Gasteiger charge is 2.18. The van der Waals surface area contributed by atoms with Gasteiger partial charge in [0.2, 0.25) is 0 Å². The zero-order chi connectivity index (χ0) is 15.2. The van der Waals surface area contributed by atoms with E-state index in [1.807, 2.05) is 12.3 Å². The van der Waals surface area contributed by atoms with E-state index in [0.717, 1.165) is 24.3 Å². The average molecular weight is 284 g/mol. The van der Waals surface area contributed by atoms with Gasteiger partial charge in [0.1, 0.15) is 5.75 Å². The Bertz CT molecular complexity index is 575. The van der Waals surface area contributed by atoms with E-state index in [2.05, 4.69) is 49.3 Å². The number of hydrogen-bond acceptors (Lipinski definition) is 3. The standard InChI is InChI=1S/C18H24N2O/c1-5-7-20-18(15-10-13(2)9-14(3)11-15)16-6-8-19-12-17(16)21-4/h6,8-12,18,20H,5,7H2,1-4H3. The normalized spacial score (nSPS) is 12.2. The molecule has 0 radical (unpaired) electrons. The number of methoxy groups -OCH3 is 1. The molecule has 1 unspecified atom stereocenters. The smallest absolute Gasteiger partial charge is 0.142 e. The number of hydrogen-bond donors (Lipinski definition) is 1. The molecular formula is C18H24N2O. The van der Waals surface area contributed by atoms with Crippen LogP contribution in [0.15, 0.2) is 36.7 Å². The van der Waals surface area contributed by atoms with Crippen LogP contribution in [0.3, 0.4) is 0 Å². The minimum absolute atomic E-state index is 0.126. The fourth-order valence-electron chi connectivity index (χ4n) is 2.67. The van der Waals surface area contributed by atoms with Crippen LogP contribution in [0, 0.1) is 13.8 Å². The first-order chi connectivity index (χ1) is 10.2. The van der Waals surface area contributed by atoms with Gasteiger partial charge in [-0.15, -0.1) is 0 Å². The van der Waals surface area contributed by atoms with Gasteiger partial charge in [0, 0.05) is 11.8 Å². The van der Waals surface area contributed by atoms with Gasteiger partial charge in [0.25, 0.3) is 0 Å². The maximum Gasteiger partial charge on any atom is 0.142 e. The molecule has 0 saturated heterocycles. The molecule has 0 aliphatic carbocycles. The molecule has 0 bridgehead atoms. The van der Waals surface area contributed by atoms with Crippen molar-refractivity contribution in [2.45, 2.75) is 33.2 Å². The van der Waals surface area contributed by atoms with Gasteiger partial charge in [-0.05, 0) is 38.4 Å². The van der Waals surface area contributed by atoms with Crippen molar-refractivity contribution < 1.29 is 4.74 Å². The molecule has 2 aromatic rings. The zero-order valence-electron chi connectivity index (χ0n) is 13.3. The van der Waals surface area contributed by atoms with E-state index < -0.39 is 0 Å². The molecule has 1 aromatic heterocycles. The van der Waals surface area contributed by atoms with Gasteiger partial charge in [-0.1, -0.05) is 36.2 Å². The highest BCUT2D eigenvalue weighted by atomic mass is 16.5. The van der Waals surface area contributed by atoms with Crippen molar-refractivity contribution in [3.05, 3.63) is 58.9 Å². The second-order valence-corrected chi connectivity index (χ2v) is 5.43. The molecular weight excluding hydrogens is 260 g/mol. The summed E-state index contributed by atoms with van der Waals surface area (Å²) in [5.74, 6) is 0.824. The number of aromatic nitrogens is 1. The second-order valence-electron chi connectivity index (χ2n) is 5.43. The van der Waals surface area contributed by atoms with E-state index in [1.165, 1.54) is 16.7 Å². The molecule has 0 amide bonds. The first-order valence-corrected chi connectivity index (χ1v) is 7.45. The predicted molar refractivity (Wildman–Crippen MR) is 86.8 cm³/mol. The van der Waals surface area contributed by atoms with E-state index in [9.17, 15) is 0 Å². The Kier molecular flexibility index (Phi) is 5.34. The van der Waals surface area contributed by atoms with E-state index in [4.69, 9.17) is 4.74 Å². The number of pyridine rings is 1. The molecule has 1 atom stereocenters. The van der Waals surface area contributed by atoms with Gasteiger partial charge in [0.05, 0.1) is 19.3 Å². The molecule has 1 N–H and O–H groups in total. The maximum absolute atomic E-state index is 5.49. The number of nitrogens with one attached hydrogen (secondary N) is 1. The molecule has 3 heteroatoms. The Morgan fingerprint density at radius 1 is 1.19 bits per heavy atom. The molecule has 0 fully saturated rings. The Morgan fingerprint density at radius 3 is 2.52 bits per heavy atom. The quantitative estimate of drug-likeness (QED) is 0.876. The first kappa shape index (κ1) is 15.5. The third-order valence-corrected chi connectivity index (χ3v) is 3.52. The largest absolute Gasteiger partial charge is 0.495 e. The topological polar surface area (TPSA) is 34.2 Å². The molecule has 1 heterocycles. The van der Waals surface area contributed by atoms with Crippen LogP contribution in [-0.2, 0) is 0 Å². The summed E-state index contributed by atoms with van der Waals surface area (Å²) in [5.41, 5.74) is 4.96. The highest BCUT2D eigenvalue weighted by Crippen LogP contribution is 2.30. The summed E-state index contributed by atoms with van der Waals surface area (Å²) in [6, 6.07) is 8.83. The number of rotatable bonds is 6. The van der Waals surface area contributed by atoms with Gasteiger partial charge in [-0.25, -0.2) is 0 Å². The van der Waals surface area contributed by atoms with E-state index in [-0.39, 0.29) is 6.04 Å². The third kappa shape index (κ3) is 3.82. The van der Waals surface area contributed by atoms with Crippen LogP contribution >= 0.6 is 0 Å². The summed E-state index contributed by atoms with van der Waals surface area (Å²) >= 11 is 0. The lowest BCUT2D eigenvalue weighted by Gasteiger charge is -2.22. The van der Waals surface area contributed by atoms with Crippen LogP contribution in [0.5, 0.6) is 5.75 Å². The summed E-state index contributed by atoms with van der Waals surface area (Å²) in [4.78, 5) is 4.15. The lowest BCUT2D eigenvalue weighted by atomic mass is 9.95. The summed E-state index contributed by atoms with van der Waals surface area (Å²) in [6.07, 6.45) is 4.69. The average Bonchev–Trinajstić information content (AvgIpc) is 2.47. The Morgan fingerprint density at radius 2 is 1.90 bits per heavy atom. The summed E-state index contributed by atoms with van der Waals surface area (Å²) < 4.78 is 5.49. The molecule has 0 spiro atoms. The first-order valence-electron chi connectivity index (χ1n) is 7.45. The monoisotopic (exact) mass is 284 g/mol. The van der Waals surface area contributed by atoms with Gasteiger partial charge >= 0.3 is 0 Å². The number of aryl methyl sites for hydroxylation is 2. The van der Waals surface area contributed by atoms with Gasteiger partial charge in [-0.2, -0.15) is 0 Å². The minimum Gasteiger partial charge on any atom is -0.495 e. The van der Waals surface area contributed by atoms with Crippen molar-refractivity contribution in [2.24, 2.45) is 0 Å². The number of nitrogens with zero attached hydrogens (tertiary/aromatic N) is 1. The van der Waals surface area contributed by atoms with Gasteiger partial charge in [-0.3, -0.25) is 4.98 Å². The molecule has 0 aliphatic rings. The summed E-state index contributed by atoms with van der Waals surface area (Å²) in [5, 5.41) is 3.62. The van der Waals surface area contributed by atoms with E-state index in [0.29, 0.717) is 0 Å². The predicted octanol–water partition coefficient (Wildman–Crippen LogP) is 3.80. The number of ether oxygens (including phenoxy) is 1. The van der Waals surface area contributed by atoms with Crippen LogP contribution in [0.2, 0.25) is 0 Å². The second kappa shape index (κ2) is 7.23. The van der Waals surface area contributed by atoms with E-state index in [1.54, 1.807) is 13.3 Å². The Hall–Kier alpha value is -1.87. The van der Waals surface area contributed by atoms with Crippen molar-refractivity contribution >= 4 is 0 Å². The fraction of sp³-hybridized carbons (Fsp3) is 0.389. The van der Waals surface area contributed by atoms with Crippen LogP contribution in [0.1, 0.15) is 41.6 Å². The number of benzene rings is 1. The molecule has 0 aliphatic heterocycles. The van der Waals surface area contributed by atoms with Gasteiger partial charge < -0.3 is 10.1 Å². The lowest BCUT2D eigenvalue weighted by Crippen LogP contribution is -2.24. The fourth-order valence-corrected chi connectivity index (χ4v) is 2.67. The van der Waals surface area contributed by atoms with Crippen molar-refractivity contribution in [3.63, 3.8) is 0 Å². The zero-order valence-corrected chi connectivity index (χ0v) is 13.3. The van der Waals surface area contributed by atoms with Crippen LogP contribution in [-0.4, -0.2) is 18.6 Å². The summed E-state index contributed by atoms with van der Waals surface area (Å²) in [6.45, 7) is 7.41. The third-order valence-electron chi connectivity index (χ3n) is 3.52. The minimum atomic E-state index is 0.126. The lowest BCUT2D eigenvalue weighted by molar-refractivity contribution is 0.401. The van der Waals surface area contributed by atoms with E-state index >= 15 is 0 Å². The van der Waals surface area contributed by atoms with Crippen LogP contribution in [0.4, 0.5) is 0 Å². The Labute approximate surface area is 127 Å². The molecule has 1 aromatic carbocycles. The van der Waals surface area contributed by atoms with Crippen molar-refractivity contribution in [2.75, 3.05) is 13.7 Å². The SMILES string of the molecule is CCCNC(c1cc(C)cc(C)c1)c1ccncc1OC. The van der Waals surface area contributed by atoms with Gasteiger partial charge in [0.15, 0.2) is 0 Å². The highest BCUT2D eigenvalue weighted by molar-refractivity contribution is 5.42. The molecule has 3 nitrogen and oxygen atoms in total. The van der Waals surface area contributed by atoms with Crippen molar-refractivity contribution in [3.8, 4) is 5.75 Å². The molecule has 112 valence electrons. The maximum atomic E-state index is 5.49. The van der Waals surface area contributed by atoms with Crippen LogP contribution < -0.4 is 10.1 Å². The Balaban J connectivity index is 2.46. The molecule has 21 heavy (non-hydrogen) atoms. The summed E-state index contributed by atoms with van der Waals surface area (Å²) in [7, 11) is 1.69. The van der Waals surface area contributed by atoms with Crippen LogP contribution in [0.25, 0.3) is 0 Å². The molecule has 2 rings (SSSR count).